The molecule has 0 aliphatic heterocycles. The highest BCUT2D eigenvalue weighted by Crippen LogP contribution is 2.27. The van der Waals surface area contributed by atoms with Crippen molar-refractivity contribution in [2.24, 2.45) is 0 Å². The Morgan fingerprint density at radius 3 is 2.48 bits per heavy atom. The Kier molecular flexibility index (Phi) is 5.46. The number of benzene rings is 2. The normalized spacial score (nSPS) is 10.2. The minimum atomic E-state index is -0.612. The molecule has 0 aliphatic carbocycles. The molecule has 0 saturated heterocycles. The van der Waals surface area contributed by atoms with Crippen LogP contribution in [-0.4, -0.2) is 21.9 Å². The van der Waals surface area contributed by atoms with E-state index in [4.69, 9.17) is 11.6 Å². The number of amides is 1. The van der Waals surface area contributed by atoms with Gasteiger partial charge in [0.15, 0.2) is 5.78 Å². The minimum absolute atomic E-state index is 0.00148. The van der Waals surface area contributed by atoms with Crippen LogP contribution in [0.25, 0.3) is 0 Å². The third-order valence-electron chi connectivity index (χ3n) is 2.97. The minimum Gasteiger partial charge on any atom is -0.325 e. The van der Waals surface area contributed by atoms with Gasteiger partial charge in [-0.25, -0.2) is 0 Å². The second-order valence-electron chi connectivity index (χ2n) is 4.48. The topological polar surface area (TPSA) is 89.3 Å². The van der Waals surface area contributed by atoms with Crippen LogP contribution in [-0.2, 0) is 4.79 Å². The van der Waals surface area contributed by atoms with Crippen molar-refractivity contribution in [3.8, 4) is 0 Å². The van der Waals surface area contributed by atoms with Crippen LogP contribution in [0.4, 0.5) is 11.4 Å². The Morgan fingerprint density at radius 2 is 1.87 bits per heavy atom. The van der Waals surface area contributed by atoms with Crippen molar-refractivity contribution in [3.63, 3.8) is 0 Å². The van der Waals surface area contributed by atoms with Gasteiger partial charge in [0, 0.05) is 17.7 Å². The van der Waals surface area contributed by atoms with Gasteiger partial charge >= 0.3 is 0 Å². The molecular weight excluding hydrogens is 388 g/mol. The average molecular weight is 398 g/mol. The summed E-state index contributed by atoms with van der Waals surface area (Å²) in [6.07, 6.45) is 0. The molecule has 0 bridgehead atoms. The van der Waals surface area contributed by atoms with Gasteiger partial charge in [-0.15, -0.1) is 0 Å². The summed E-state index contributed by atoms with van der Waals surface area (Å²) in [7, 11) is 0. The van der Waals surface area contributed by atoms with Gasteiger partial charge in [0.25, 0.3) is 5.69 Å². The van der Waals surface area contributed by atoms with Gasteiger partial charge in [-0.3, -0.25) is 19.7 Å². The molecule has 1 N–H and O–H groups in total. The van der Waals surface area contributed by atoms with Crippen LogP contribution in [0.15, 0.2) is 42.5 Å². The Balaban J connectivity index is 2.55. The number of non-ortho nitro benzene ring substituents is 1. The van der Waals surface area contributed by atoms with Crippen molar-refractivity contribution in [2.45, 2.75) is 0 Å². The zero-order valence-corrected chi connectivity index (χ0v) is 13.9. The van der Waals surface area contributed by atoms with Crippen LogP contribution < -0.4 is 5.32 Å². The summed E-state index contributed by atoms with van der Waals surface area (Å²) in [5.41, 5.74) is 0.132. The molecule has 2 rings (SSSR count). The maximum atomic E-state index is 12.7. The van der Waals surface area contributed by atoms with Gasteiger partial charge < -0.3 is 5.32 Å². The maximum absolute atomic E-state index is 12.7. The number of nitrogens with zero attached hydrogens (tertiary/aromatic N) is 1. The molecule has 0 aromatic heterocycles. The van der Waals surface area contributed by atoms with E-state index in [0.29, 0.717) is 0 Å². The number of nitrogens with one attached hydrogen (secondary N) is 1. The lowest BCUT2D eigenvalue weighted by molar-refractivity contribution is -0.384. The molecule has 6 nitrogen and oxygen atoms in total. The van der Waals surface area contributed by atoms with Gasteiger partial charge in [-0.2, -0.15) is 0 Å². The fourth-order valence-electron chi connectivity index (χ4n) is 1.92. The van der Waals surface area contributed by atoms with E-state index in [-0.39, 0.29) is 38.8 Å². The highest BCUT2D eigenvalue weighted by atomic mass is 79.9. The van der Waals surface area contributed by atoms with Crippen molar-refractivity contribution >= 4 is 50.6 Å². The summed E-state index contributed by atoms with van der Waals surface area (Å²) in [5, 5.41) is 13.7. The van der Waals surface area contributed by atoms with Gasteiger partial charge in [-0.05, 0) is 18.2 Å². The fourth-order valence-corrected chi connectivity index (χ4v) is 2.28. The summed E-state index contributed by atoms with van der Waals surface area (Å²) >= 11 is 9.01. The highest BCUT2D eigenvalue weighted by molar-refractivity contribution is 9.09. The van der Waals surface area contributed by atoms with Gasteiger partial charge in [0.1, 0.15) is 0 Å². The molecule has 0 fully saturated rings. The molecule has 8 heteroatoms. The van der Waals surface area contributed by atoms with Crippen LogP contribution in [0.1, 0.15) is 15.9 Å². The van der Waals surface area contributed by atoms with Crippen LogP contribution in [0.2, 0.25) is 5.02 Å². The molecule has 23 heavy (non-hydrogen) atoms. The molecular formula is C15H10BrClN2O4. The van der Waals surface area contributed by atoms with E-state index in [1.54, 1.807) is 18.2 Å². The van der Waals surface area contributed by atoms with Gasteiger partial charge in [-0.1, -0.05) is 39.7 Å². The van der Waals surface area contributed by atoms with Crippen molar-refractivity contribution in [1.29, 1.82) is 0 Å². The van der Waals surface area contributed by atoms with Crippen LogP contribution in [0, 0.1) is 10.1 Å². The number of nitro benzene ring substituents is 1. The first kappa shape index (κ1) is 17.1. The molecule has 0 radical (unpaired) electrons. The predicted octanol–water partition coefficient (Wildman–Crippen LogP) is 3.81. The molecule has 0 unspecified atom stereocenters. The summed E-state index contributed by atoms with van der Waals surface area (Å²) in [6, 6.07) is 10.0. The second-order valence-corrected chi connectivity index (χ2v) is 5.45. The van der Waals surface area contributed by atoms with Crippen LogP contribution in [0.5, 0.6) is 0 Å². The largest absolute Gasteiger partial charge is 0.325 e. The quantitative estimate of drug-likeness (QED) is 0.359. The second kappa shape index (κ2) is 7.34. The van der Waals surface area contributed by atoms with E-state index >= 15 is 0 Å². The summed E-state index contributed by atoms with van der Waals surface area (Å²) in [4.78, 5) is 34.5. The Labute approximate surface area is 144 Å². The third-order valence-corrected chi connectivity index (χ3v) is 3.81. The molecule has 2 aromatic rings. The first-order chi connectivity index (χ1) is 10.9. The van der Waals surface area contributed by atoms with Crippen molar-refractivity contribution < 1.29 is 14.5 Å². The molecule has 0 atom stereocenters. The lowest BCUT2D eigenvalue weighted by Gasteiger charge is -2.10. The lowest BCUT2D eigenvalue weighted by Crippen LogP contribution is -2.16. The molecule has 118 valence electrons. The van der Waals surface area contributed by atoms with Crippen molar-refractivity contribution in [3.05, 3.63) is 68.7 Å². The van der Waals surface area contributed by atoms with Gasteiger partial charge in [0.05, 0.1) is 26.5 Å². The zero-order chi connectivity index (χ0) is 17.0. The van der Waals surface area contributed by atoms with Crippen molar-refractivity contribution in [1.82, 2.24) is 0 Å². The Bertz CT molecular complexity index is 795. The van der Waals surface area contributed by atoms with Gasteiger partial charge in [0.2, 0.25) is 5.91 Å². The smallest absolute Gasteiger partial charge is 0.270 e. The first-order valence-corrected chi connectivity index (χ1v) is 7.87. The number of nitro groups is 1. The lowest BCUT2D eigenvalue weighted by atomic mass is 10.0. The van der Waals surface area contributed by atoms with E-state index in [1.165, 1.54) is 18.2 Å². The average Bonchev–Trinajstić information content (AvgIpc) is 2.54. The highest BCUT2D eigenvalue weighted by Gasteiger charge is 2.20. The van der Waals surface area contributed by atoms with Crippen molar-refractivity contribution in [2.75, 3.05) is 10.6 Å². The zero-order valence-electron chi connectivity index (χ0n) is 11.6. The van der Waals surface area contributed by atoms with E-state index in [1.807, 2.05) is 0 Å². The number of halogens is 2. The molecule has 0 spiro atoms. The third kappa shape index (κ3) is 3.94. The van der Waals surface area contributed by atoms with E-state index < -0.39 is 10.7 Å². The number of anilines is 1. The molecule has 1 amide bonds. The fraction of sp³-hybridized carbons (Fsp3) is 0.0667. The number of alkyl halides is 1. The number of carbonyl (C=O) groups excluding carboxylic acids is 2. The molecule has 0 saturated carbocycles. The molecule has 0 aliphatic rings. The first-order valence-electron chi connectivity index (χ1n) is 6.37. The van der Waals surface area contributed by atoms with E-state index in [9.17, 15) is 19.7 Å². The monoisotopic (exact) mass is 396 g/mol. The van der Waals surface area contributed by atoms with Crippen LogP contribution >= 0.6 is 27.5 Å². The number of ketones is 1. The van der Waals surface area contributed by atoms with E-state index in [0.717, 1.165) is 6.07 Å². The Hall–Kier alpha value is -2.25. The maximum Gasteiger partial charge on any atom is 0.270 e. The Morgan fingerprint density at radius 1 is 1.17 bits per heavy atom. The standard InChI is InChI=1S/C15H10BrClN2O4/c16-8-14(20)18-13-6-5-9(19(22)23)7-11(13)15(21)10-3-1-2-4-12(10)17/h1-7H,8H2,(H,18,20). The summed E-state index contributed by atoms with van der Waals surface area (Å²) in [6.45, 7) is 0. The number of hydrogen-bond donors (Lipinski definition) is 1. The van der Waals surface area contributed by atoms with Crippen LogP contribution in [0.3, 0.4) is 0 Å². The summed E-state index contributed by atoms with van der Waals surface area (Å²) in [5.74, 6) is -0.892. The predicted molar refractivity (Wildman–Crippen MR) is 90.4 cm³/mol. The number of carbonyl (C=O) groups is 2. The number of hydrogen-bond acceptors (Lipinski definition) is 4. The SMILES string of the molecule is O=C(CBr)Nc1ccc([N+](=O)[O-])cc1C(=O)c1ccccc1Cl. The number of rotatable bonds is 5. The van der Waals surface area contributed by atoms with E-state index in [2.05, 4.69) is 21.2 Å². The molecule has 0 heterocycles. The summed E-state index contributed by atoms with van der Waals surface area (Å²) < 4.78 is 0. The molecule has 2 aromatic carbocycles.